The average molecular weight is 369 g/mol. The fourth-order valence-corrected chi connectivity index (χ4v) is 3.87. The maximum atomic E-state index is 3.55. The molecule has 92 valence electrons. The summed E-state index contributed by atoms with van der Waals surface area (Å²) in [6.07, 6.45) is 2.46. The number of halogens is 2. The standard InChI is InChI=1S/C12H19Br2NS/c1-3-11(4-2)15(6-5-13)8-12-7-10(14)9-16-12/h7,9,11H,3-6,8H2,1-2H3. The highest BCUT2D eigenvalue weighted by Gasteiger charge is 2.15. The molecule has 1 rings (SSSR count). The lowest BCUT2D eigenvalue weighted by molar-refractivity contribution is 0.191. The van der Waals surface area contributed by atoms with Crippen molar-refractivity contribution in [3.05, 3.63) is 20.8 Å². The molecule has 0 atom stereocenters. The first-order chi connectivity index (χ1) is 7.71. The van der Waals surface area contributed by atoms with E-state index in [-0.39, 0.29) is 0 Å². The molecule has 0 spiro atoms. The maximum absolute atomic E-state index is 3.55. The van der Waals surface area contributed by atoms with E-state index < -0.39 is 0 Å². The summed E-state index contributed by atoms with van der Waals surface area (Å²) < 4.78 is 1.20. The van der Waals surface area contributed by atoms with Crippen molar-refractivity contribution in [2.75, 3.05) is 11.9 Å². The van der Waals surface area contributed by atoms with E-state index in [9.17, 15) is 0 Å². The van der Waals surface area contributed by atoms with Crippen molar-refractivity contribution < 1.29 is 0 Å². The number of thiophene rings is 1. The third-order valence-electron chi connectivity index (χ3n) is 2.81. The fourth-order valence-electron chi connectivity index (χ4n) is 1.94. The highest BCUT2D eigenvalue weighted by atomic mass is 79.9. The van der Waals surface area contributed by atoms with Gasteiger partial charge in [0.05, 0.1) is 0 Å². The first kappa shape index (κ1) is 14.7. The minimum Gasteiger partial charge on any atom is -0.295 e. The number of rotatable bonds is 7. The molecule has 1 heterocycles. The van der Waals surface area contributed by atoms with E-state index in [1.807, 2.05) is 11.3 Å². The third kappa shape index (κ3) is 4.47. The van der Waals surface area contributed by atoms with Crippen molar-refractivity contribution in [2.45, 2.75) is 39.3 Å². The van der Waals surface area contributed by atoms with Crippen LogP contribution in [0, 0.1) is 0 Å². The van der Waals surface area contributed by atoms with E-state index in [0.29, 0.717) is 6.04 Å². The van der Waals surface area contributed by atoms with E-state index in [1.54, 1.807) is 0 Å². The highest BCUT2D eigenvalue weighted by Crippen LogP contribution is 2.23. The lowest BCUT2D eigenvalue weighted by Gasteiger charge is -2.29. The van der Waals surface area contributed by atoms with Gasteiger partial charge in [-0.15, -0.1) is 11.3 Å². The first-order valence-electron chi connectivity index (χ1n) is 5.74. The molecule has 0 radical (unpaired) electrons. The molecule has 0 aromatic carbocycles. The zero-order valence-corrected chi connectivity index (χ0v) is 13.9. The van der Waals surface area contributed by atoms with Gasteiger partial charge in [-0.25, -0.2) is 0 Å². The van der Waals surface area contributed by atoms with Gasteiger partial charge in [0.15, 0.2) is 0 Å². The summed E-state index contributed by atoms with van der Waals surface area (Å²) in [4.78, 5) is 4.02. The Bertz CT molecular complexity index is 297. The molecule has 0 saturated carbocycles. The predicted octanol–water partition coefficient (Wildman–Crippen LogP) is 4.90. The largest absolute Gasteiger partial charge is 0.295 e. The summed E-state index contributed by atoms with van der Waals surface area (Å²) in [5.74, 6) is 0. The van der Waals surface area contributed by atoms with Crippen LogP contribution in [-0.4, -0.2) is 22.8 Å². The minimum absolute atomic E-state index is 0.707. The van der Waals surface area contributed by atoms with Gasteiger partial charge in [0.25, 0.3) is 0 Å². The quantitative estimate of drug-likeness (QED) is 0.619. The van der Waals surface area contributed by atoms with Crippen LogP contribution in [0.3, 0.4) is 0 Å². The Morgan fingerprint density at radius 2 is 2.06 bits per heavy atom. The number of hydrogen-bond donors (Lipinski definition) is 0. The van der Waals surface area contributed by atoms with Crippen LogP contribution in [0.25, 0.3) is 0 Å². The Morgan fingerprint density at radius 1 is 1.38 bits per heavy atom. The number of alkyl halides is 1. The molecule has 0 unspecified atom stereocenters. The van der Waals surface area contributed by atoms with Crippen molar-refractivity contribution in [1.29, 1.82) is 0 Å². The van der Waals surface area contributed by atoms with E-state index in [1.165, 1.54) is 22.2 Å². The van der Waals surface area contributed by atoms with Gasteiger partial charge in [0.2, 0.25) is 0 Å². The Kier molecular flexibility index (Phi) is 7.20. The SMILES string of the molecule is CCC(CC)N(CCBr)Cc1cc(Br)cs1. The first-order valence-corrected chi connectivity index (χ1v) is 8.53. The topological polar surface area (TPSA) is 3.24 Å². The van der Waals surface area contributed by atoms with Gasteiger partial charge < -0.3 is 0 Å². The molecule has 0 fully saturated rings. The lowest BCUT2D eigenvalue weighted by atomic mass is 10.1. The summed E-state index contributed by atoms with van der Waals surface area (Å²) in [6.45, 7) is 6.76. The van der Waals surface area contributed by atoms with Crippen molar-refractivity contribution in [2.24, 2.45) is 0 Å². The lowest BCUT2D eigenvalue weighted by Crippen LogP contribution is -2.35. The van der Waals surface area contributed by atoms with Crippen LogP contribution in [0.5, 0.6) is 0 Å². The molecular formula is C12H19Br2NS. The van der Waals surface area contributed by atoms with Gasteiger partial charge in [-0.2, -0.15) is 0 Å². The highest BCUT2D eigenvalue weighted by molar-refractivity contribution is 9.10. The van der Waals surface area contributed by atoms with Crippen LogP contribution in [0.1, 0.15) is 31.6 Å². The summed E-state index contributed by atoms with van der Waals surface area (Å²) in [5, 5.41) is 3.21. The van der Waals surface area contributed by atoms with Crippen molar-refractivity contribution in [1.82, 2.24) is 4.90 Å². The molecular weight excluding hydrogens is 350 g/mol. The molecule has 0 aliphatic heterocycles. The van der Waals surface area contributed by atoms with Gasteiger partial charge in [-0.1, -0.05) is 29.8 Å². The summed E-state index contributed by atoms with van der Waals surface area (Å²) in [7, 11) is 0. The fraction of sp³-hybridized carbons (Fsp3) is 0.667. The van der Waals surface area contributed by atoms with Gasteiger partial charge in [-0.3, -0.25) is 4.90 Å². The van der Waals surface area contributed by atoms with E-state index in [0.717, 1.165) is 18.4 Å². The number of nitrogens with zero attached hydrogens (tertiary/aromatic N) is 1. The monoisotopic (exact) mass is 367 g/mol. The second-order valence-corrected chi connectivity index (χ2v) is 6.57. The maximum Gasteiger partial charge on any atom is 0.0331 e. The summed E-state index contributed by atoms with van der Waals surface area (Å²) in [6, 6.07) is 2.94. The van der Waals surface area contributed by atoms with Crippen LogP contribution in [0.4, 0.5) is 0 Å². The molecule has 1 nitrogen and oxygen atoms in total. The molecule has 0 aliphatic rings. The van der Waals surface area contributed by atoms with Crippen molar-refractivity contribution in [3.8, 4) is 0 Å². The molecule has 16 heavy (non-hydrogen) atoms. The summed E-state index contributed by atoms with van der Waals surface area (Å²) >= 11 is 8.90. The van der Waals surface area contributed by atoms with Crippen LogP contribution in [0.2, 0.25) is 0 Å². The van der Waals surface area contributed by atoms with Crippen LogP contribution >= 0.6 is 43.2 Å². The normalized spacial score (nSPS) is 11.6. The van der Waals surface area contributed by atoms with Gasteiger partial charge in [0.1, 0.15) is 0 Å². The molecule has 4 heteroatoms. The molecule has 1 aromatic heterocycles. The average Bonchev–Trinajstić information content (AvgIpc) is 2.66. The zero-order chi connectivity index (χ0) is 12.0. The minimum atomic E-state index is 0.707. The molecule has 1 aromatic rings. The van der Waals surface area contributed by atoms with Crippen molar-refractivity contribution >= 4 is 43.2 Å². The van der Waals surface area contributed by atoms with Gasteiger partial charge in [-0.05, 0) is 34.8 Å². The summed E-state index contributed by atoms with van der Waals surface area (Å²) in [5.41, 5.74) is 0. The van der Waals surface area contributed by atoms with Crippen molar-refractivity contribution in [3.63, 3.8) is 0 Å². The third-order valence-corrected chi connectivity index (χ3v) is 4.85. The smallest absolute Gasteiger partial charge is 0.0331 e. The molecule has 0 saturated heterocycles. The Hall–Kier alpha value is 0.620. The predicted molar refractivity (Wildman–Crippen MR) is 80.6 cm³/mol. The second kappa shape index (κ2) is 7.85. The molecule has 0 N–H and O–H groups in total. The molecule has 0 aliphatic carbocycles. The van der Waals surface area contributed by atoms with E-state index in [2.05, 4.69) is 62.1 Å². The zero-order valence-electron chi connectivity index (χ0n) is 9.88. The van der Waals surface area contributed by atoms with E-state index >= 15 is 0 Å². The van der Waals surface area contributed by atoms with E-state index in [4.69, 9.17) is 0 Å². The van der Waals surface area contributed by atoms with Gasteiger partial charge in [0, 0.05) is 39.2 Å². The van der Waals surface area contributed by atoms with Gasteiger partial charge >= 0.3 is 0 Å². The number of hydrogen-bond acceptors (Lipinski definition) is 2. The molecule has 0 amide bonds. The Labute approximate surface area is 119 Å². The Balaban J connectivity index is 2.63. The molecule has 0 bridgehead atoms. The van der Waals surface area contributed by atoms with Crippen LogP contribution in [-0.2, 0) is 6.54 Å². The van der Waals surface area contributed by atoms with Crippen LogP contribution < -0.4 is 0 Å². The second-order valence-electron chi connectivity index (χ2n) is 3.86. The Morgan fingerprint density at radius 3 is 2.50 bits per heavy atom. The van der Waals surface area contributed by atoms with Crippen LogP contribution in [0.15, 0.2) is 15.9 Å².